The first-order valence-electron chi connectivity index (χ1n) is 7.42. The zero-order valence-electron chi connectivity index (χ0n) is 12.0. The summed E-state index contributed by atoms with van der Waals surface area (Å²) in [5.41, 5.74) is 1.83. The minimum absolute atomic E-state index is 0.0537. The third kappa shape index (κ3) is 1.83. The lowest BCUT2D eigenvalue weighted by molar-refractivity contribution is 0.174. The molecular weight excluding hydrogens is 332 g/mol. The molecule has 0 spiro atoms. The van der Waals surface area contributed by atoms with E-state index in [0.29, 0.717) is 22.0 Å². The molecule has 2 aliphatic rings. The van der Waals surface area contributed by atoms with Gasteiger partial charge in [0.05, 0.1) is 11.1 Å². The number of aromatic amines is 1. The van der Waals surface area contributed by atoms with Crippen molar-refractivity contribution in [3.8, 4) is 17.2 Å². The van der Waals surface area contributed by atoms with Gasteiger partial charge in [0, 0.05) is 10.9 Å². The highest BCUT2D eigenvalue weighted by atomic mass is 32.1. The van der Waals surface area contributed by atoms with Gasteiger partial charge in [0.15, 0.2) is 16.3 Å². The van der Waals surface area contributed by atoms with Gasteiger partial charge >= 0.3 is 0 Å². The minimum Gasteiger partial charge on any atom is -0.454 e. The first kappa shape index (κ1) is 13.3. The molecule has 116 valence electrons. The number of rotatable bonds is 1. The first-order valence-corrected chi connectivity index (χ1v) is 8.64. The van der Waals surface area contributed by atoms with E-state index in [0.717, 1.165) is 29.5 Å². The zero-order valence-corrected chi connectivity index (χ0v) is 13.7. The molecule has 23 heavy (non-hydrogen) atoms. The van der Waals surface area contributed by atoms with Crippen LogP contribution in [0.5, 0.6) is 11.5 Å². The van der Waals surface area contributed by atoms with E-state index in [-0.39, 0.29) is 12.4 Å². The van der Waals surface area contributed by atoms with Gasteiger partial charge in [-0.05, 0) is 49.2 Å². The van der Waals surface area contributed by atoms with Gasteiger partial charge in [-0.25, -0.2) is 0 Å². The van der Waals surface area contributed by atoms with E-state index < -0.39 is 0 Å². The molecule has 0 bridgehead atoms. The van der Waals surface area contributed by atoms with Crippen LogP contribution in [0.4, 0.5) is 0 Å². The second-order valence-electron chi connectivity index (χ2n) is 5.67. The van der Waals surface area contributed by atoms with E-state index in [1.54, 1.807) is 28.0 Å². The van der Waals surface area contributed by atoms with Gasteiger partial charge in [-0.3, -0.25) is 9.36 Å². The average Bonchev–Trinajstić information content (AvgIpc) is 3.20. The van der Waals surface area contributed by atoms with Crippen LogP contribution in [0.1, 0.15) is 16.9 Å². The smallest absolute Gasteiger partial charge is 0.267 e. The normalized spacial score (nSPS) is 15.3. The van der Waals surface area contributed by atoms with Gasteiger partial charge in [0.25, 0.3) is 5.56 Å². The van der Waals surface area contributed by atoms with Crippen molar-refractivity contribution in [1.82, 2.24) is 9.55 Å². The van der Waals surface area contributed by atoms with Crippen LogP contribution in [0.3, 0.4) is 0 Å². The second-order valence-corrected chi connectivity index (χ2v) is 7.16. The Balaban J connectivity index is 1.82. The molecule has 3 aromatic rings. The summed E-state index contributed by atoms with van der Waals surface area (Å²) in [6.45, 7) is 0.206. The summed E-state index contributed by atoms with van der Waals surface area (Å²) in [5.74, 6) is 1.33. The molecule has 1 aliphatic carbocycles. The predicted molar refractivity (Wildman–Crippen MR) is 90.8 cm³/mol. The van der Waals surface area contributed by atoms with Crippen molar-refractivity contribution in [3.63, 3.8) is 0 Å². The molecule has 0 unspecified atom stereocenters. The molecule has 3 heterocycles. The maximum Gasteiger partial charge on any atom is 0.267 e. The van der Waals surface area contributed by atoms with Crippen molar-refractivity contribution in [3.05, 3.63) is 43.8 Å². The fraction of sp³-hybridized carbons (Fsp3) is 0.250. The third-order valence-corrected chi connectivity index (χ3v) is 5.87. The number of hydrogen-bond donors (Lipinski definition) is 1. The van der Waals surface area contributed by atoms with Crippen molar-refractivity contribution >= 4 is 33.8 Å². The van der Waals surface area contributed by atoms with Gasteiger partial charge in [-0.15, -0.1) is 11.3 Å². The van der Waals surface area contributed by atoms with Crippen molar-refractivity contribution < 1.29 is 9.47 Å². The number of thiophene rings is 1. The van der Waals surface area contributed by atoms with Crippen LogP contribution in [-0.2, 0) is 12.8 Å². The molecule has 0 saturated carbocycles. The molecular formula is C16H12N2O3S2. The lowest BCUT2D eigenvalue weighted by Gasteiger charge is -2.08. The molecule has 1 N–H and O–H groups in total. The molecule has 0 saturated heterocycles. The SMILES string of the molecule is O=c1c2c3c(sc2[nH]c(=S)n1-c1ccc2c(c1)OCO2)CCC3. The van der Waals surface area contributed by atoms with Crippen LogP contribution in [0.25, 0.3) is 15.9 Å². The van der Waals surface area contributed by atoms with E-state index in [4.69, 9.17) is 21.7 Å². The number of aryl methyl sites for hydroxylation is 2. The molecule has 0 radical (unpaired) electrons. The Morgan fingerprint density at radius 1 is 1.22 bits per heavy atom. The first-order chi connectivity index (χ1) is 11.2. The van der Waals surface area contributed by atoms with Crippen LogP contribution in [-0.4, -0.2) is 16.3 Å². The molecule has 2 aromatic heterocycles. The number of benzene rings is 1. The third-order valence-electron chi connectivity index (χ3n) is 4.38. The van der Waals surface area contributed by atoms with Gasteiger partial charge in [-0.1, -0.05) is 0 Å². The second kappa shape index (κ2) is 4.69. The number of fused-ring (bicyclic) bond motifs is 4. The molecule has 5 rings (SSSR count). The average molecular weight is 344 g/mol. The standard InChI is InChI=1S/C16H12N2O3S2/c19-15-13-9-2-1-3-12(9)23-14(13)17-16(22)18(15)8-4-5-10-11(6-8)21-7-20-10/h4-6H,1-3,7H2,(H,17,22). The largest absolute Gasteiger partial charge is 0.454 e. The summed E-state index contributed by atoms with van der Waals surface area (Å²) in [4.78, 5) is 18.5. The Morgan fingerprint density at radius 2 is 2.09 bits per heavy atom. The van der Waals surface area contributed by atoms with Crippen LogP contribution in [0.2, 0.25) is 0 Å². The van der Waals surface area contributed by atoms with Gasteiger partial charge in [-0.2, -0.15) is 0 Å². The molecule has 5 nitrogen and oxygen atoms in total. The molecule has 1 aliphatic heterocycles. The van der Waals surface area contributed by atoms with Crippen molar-refractivity contribution in [2.24, 2.45) is 0 Å². The van der Waals surface area contributed by atoms with Crippen molar-refractivity contribution in [2.45, 2.75) is 19.3 Å². The van der Waals surface area contributed by atoms with Crippen LogP contribution < -0.4 is 15.0 Å². The summed E-state index contributed by atoms with van der Waals surface area (Å²) < 4.78 is 12.7. The van der Waals surface area contributed by atoms with Crippen LogP contribution in [0.15, 0.2) is 23.0 Å². The Bertz CT molecular complexity index is 1080. The van der Waals surface area contributed by atoms with Crippen molar-refractivity contribution in [1.29, 1.82) is 0 Å². The summed E-state index contributed by atoms with van der Waals surface area (Å²) in [6.07, 6.45) is 3.14. The summed E-state index contributed by atoms with van der Waals surface area (Å²) in [6, 6.07) is 5.43. The molecule has 7 heteroatoms. The van der Waals surface area contributed by atoms with Crippen molar-refractivity contribution in [2.75, 3.05) is 6.79 Å². The Hall–Kier alpha value is -2.12. The molecule has 1 aromatic carbocycles. The number of nitrogens with one attached hydrogen (secondary N) is 1. The van der Waals surface area contributed by atoms with E-state index in [9.17, 15) is 4.79 Å². The summed E-state index contributed by atoms with van der Waals surface area (Å²) in [5, 5.41) is 0.786. The van der Waals surface area contributed by atoms with Gasteiger partial charge < -0.3 is 14.5 Å². The lowest BCUT2D eigenvalue weighted by atomic mass is 10.2. The number of H-pyrrole nitrogens is 1. The molecule has 0 amide bonds. The maximum atomic E-state index is 13.1. The number of hydrogen-bond acceptors (Lipinski definition) is 5. The minimum atomic E-state index is -0.0537. The Morgan fingerprint density at radius 3 is 3.00 bits per heavy atom. The monoisotopic (exact) mass is 344 g/mol. The lowest BCUT2D eigenvalue weighted by Crippen LogP contribution is -2.20. The quantitative estimate of drug-likeness (QED) is 0.688. The topological polar surface area (TPSA) is 56.2 Å². The van der Waals surface area contributed by atoms with Crippen LogP contribution >= 0.6 is 23.6 Å². The van der Waals surface area contributed by atoms with E-state index in [1.807, 2.05) is 6.07 Å². The number of aromatic nitrogens is 2. The maximum absolute atomic E-state index is 13.1. The van der Waals surface area contributed by atoms with Gasteiger partial charge in [0.1, 0.15) is 4.83 Å². The fourth-order valence-corrected chi connectivity index (χ4v) is 4.97. The highest BCUT2D eigenvalue weighted by Crippen LogP contribution is 2.36. The highest BCUT2D eigenvalue weighted by molar-refractivity contribution is 7.71. The van der Waals surface area contributed by atoms with E-state index in [2.05, 4.69) is 4.98 Å². The predicted octanol–water partition coefficient (Wildman–Crippen LogP) is 3.33. The Kier molecular flexibility index (Phi) is 2.72. The summed E-state index contributed by atoms with van der Waals surface area (Å²) in [7, 11) is 0. The fourth-order valence-electron chi connectivity index (χ4n) is 3.33. The molecule has 0 fully saturated rings. The Labute approximate surface area is 140 Å². The molecule has 0 atom stereocenters. The number of nitrogens with zero attached hydrogens (tertiary/aromatic N) is 1. The zero-order chi connectivity index (χ0) is 15.6. The highest BCUT2D eigenvalue weighted by Gasteiger charge is 2.22. The van der Waals surface area contributed by atoms with E-state index >= 15 is 0 Å². The van der Waals surface area contributed by atoms with Crippen LogP contribution in [0, 0.1) is 4.77 Å². The number of ether oxygens (including phenoxy) is 2. The van der Waals surface area contributed by atoms with E-state index in [1.165, 1.54) is 10.4 Å². The van der Waals surface area contributed by atoms with Gasteiger partial charge in [0.2, 0.25) is 6.79 Å². The summed E-state index contributed by atoms with van der Waals surface area (Å²) >= 11 is 7.08.